The van der Waals surface area contributed by atoms with E-state index in [1.165, 1.54) is 0 Å². The largest absolute Gasteiger partial charge is 0.356 e. The first-order valence-electron chi connectivity index (χ1n) is 9.60. The highest BCUT2D eigenvalue weighted by Gasteiger charge is 2.22. The van der Waals surface area contributed by atoms with E-state index in [4.69, 9.17) is 0 Å². The Hall–Kier alpha value is -2.37. The predicted octanol–water partition coefficient (Wildman–Crippen LogP) is 3.07. The average molecular weight is 355 g/mol. The average Bonchev–Trinajstić information content (AvgIpc) is 3.12. The zero-order chi connectivity index (χ0) is 18.5. The lowest BCUT2D eigenvalue weighted by atomic mass is 9.98. The molecule has 0 aliphatic carbocycles. The van der Waals surface area contributed by atoms with Gasteiger partial charge in [-0.2, -0.15) is 5.10 Å². The maximum absolute atomic E-state index is 12.7. The fourth-order valence-corrected chi connectivity index (χ4v) is 3.45. The highest BCUT2D eigenvalue weighted by atomic mass is 16.2. The van der Waals surface area contributed by atoms with E-state index in [0.29, 0.717) is 30.6 Å². The van der Waals surface area contributed by atoms with Crippen molar-refractivity contribution in [2.75, 3.05) is 24.5 Å². The molecule has 1 amide bonds. The van der Waals surface area contributed by atoms with Crippen molar-refractivity contribution in [3.05, 3.63) is 41.9 Å². The van der Waals surface area contributed by atoms with Crippen LogP contribution in [0, 0.1) is 5.92 Å². The van der Waals surface area contributed by atoms with Gasteiger partial charge >= 0.3 is 0 Å². The summed E-state index contributed by atoms with van der Waals surface area (Å²) in [7, 11) is 0. The SMILES string of the molecule is CCn1nc(C(C)C)cc1C(=O)NCC1CCCN(c2ccccn2)C1. The quantitative estimate of drug-likeness (QED) is 0.865. The van der Waals surface area contributed by atoms with Crippen LogP contribution < -0.4 is 10.2 Å². The monoisotopic (exact) mass is 355 g/mol. The summed E-state index contributed by atoms with van der Waals surface area (Å²) in [4.78, 5) is 19.4. The Balaban J connectivity index is 1.59. The number of pyridine rings is 1. The first-order valence-corrected chi connectivity index (χ1v) is 9.60. The molecule has 2 aromatic rings. The molecule has 0 spiro atoms. The highest BCUT2D eigenvalue weighted by Crippen LogP contribution is 2.21. The number of piperidine rings is 1. The molecule has 140 valence electrons. The molecule has 6 heteroatoms. The van der Waals surface area contributed by atoms with Gasteiger partial charge in [0.2, 0.25) is 0 Å². The van der Waals surface area contributed by atoms with Crippen molar-refractivity contribution in [3.63, 3.8) is 0 Å². The Morgan fingerprint density at radius 1 is 1.38 bits per heavy atom. The lowest BCUT2D eigenvalue weighted by Gasteiger charge is -2.33. The zero-order valence-corrected chi connectivity index (χ0v) is 16.0. The number of rotatable bonds is 6. The fraction of sp³-hybridized carbons (Fsp3) is 0.550. The minimum absolute atomic E-state index is 0.0267. The van der Waals surface area contributed by atoms with Crippen LogP contribution in [-0.2, 0) is 6.54 Å². The van der Waals surface area contributed by atoms with Crippen molar-refractivity contribution < 1.29 is 4.79 Å². The topological polar surface area (TPSA) is 63.1 Å². The molecule has 0 aromatic carbocycles. The first-order chi connectivity index (χ1) is 12.6. The molecule has 0 radical (unpaired) electrons. The van der Waals surface area contributed by atoms with Crippen LogP contribution in [0.3, 0.4) is 0 Å². The van der Waals surface area contributed by atoms with Crippen molar-refractivity contribution in [1.82, 2.24) is 20.1 Å². The van der Waals surface area contributed by atoms with E-state index < -0.39 is 0 Å². The number of hydrogen-bond acceptors (Lipinski definition) is 4. The summed E-state index contributed by atoms with van der Waals surface area (Å²) in [6.07, 6.45) is 4.09. The molecule has 0 bridgehead atoms. The van der Waals surface area contributed by atoms with E-state index in [9.17, 15) is 4.79 Å². The van der Waals surface area contributed by atoms with Gasteiger partial charge in [-0.25, -0.2) is 4.98 Å². The van der Waals surface area contributed by atoms with E-state index in [-0.39, 0.29) is 5.91 Å². The molecule has 1 unspecified atom stereocenters. The minimum atomic E-state index is -0.0267. The summed E-state index contributed by atoms with van der Waals surface area (Å²) in [5.41, 5.74) is 1.63. The molecular weight excluding hydrogens is 326 g/mol. The maximum atomic E-state index is 12.7. The van der Waals surface area contributed by atoms with Crippen LogP contribution >= 0.6 is 0 Å². The fourth-order valence-electron chi connectivity index (χ4n) is 3.45. The number of aromatic nitrogens is 3. The van der Waals surface area contributed by atoms with Gasteiger partial charge in [0.1, 0.15) is 11.5 Å². The number of carbonyl (C=O) groups excluding carboxylic acids is 1. The van der Waals surface area contributed by atoms with Gasteiger partial charge in [-0.05, 0) is 49.8 Å². The molecule has 3 heterocycles. The second-order valence-corrected chi connectivity index (χ2v) is 7.28. The van der Waals surface area contributed by atoms with Crippen LogP contribution in [-0.4, -0.2) is 40.3 Å². The summed E-state index contributed by atoms with van der Waals surface area (Å²) in [6, 6.07) is 7.93. The third kappa shape index (κ3) is 4.23. The van der Waals surface area contributed by atoms with E-state index in [1.54, 1.807) is 4.68 Å². The molecule has 1 N–H and O–H groups in total. The van der Waals surface area contributed by atoms with Gasteiger partial charge in [0.15, 0.2) is 0 Å². The summed E-state index contributed by atoms with van der Waals surface area (Å²) < 4.78 is 1.80. The lowest BCUT2D eigenvalue weighted by molar-refractivity contribution is 0.0935. The number of nitrogens with one attached hydrogen (secondary N) is 1. The lowest BCUT2D eigenvalue weighted by Crippen LogP contribution is -2.41. The number of carbonyl (C=O) groups is 1. The van der Waals surface area contributed by atoms with Crippen LogP contribution in [0.15, 0.2) is 30.5 Å². The smallest absolute Gasteiger partial charge is 0.269 e. The Labute approximate surface area is 155 Å². The van der Waals surface area contributed by atoms with Gasteiger partial charge in [-0.15, -0.1) is 0 Å². The summed E-state index contributed by atoms with van der Waals surface area (Å²) in [5.74, 6) is 1.76. The molecule has 26 heavy (non-hydrogen) atoms. The highest BCUT2D eigenvalue weighted by molar-refractivity contribution is 5.92. The van der Waals surface area contributed by atoms with Crippen molar-refractivity contribution in [1.29, 1.82) is 0 Å². The molecule has 0 saturated carbocycles. The van der Waals surface area contributed by atoms with Gasteiger partial charge in [-0.3, -0.25) is 9.48 Å². The third-order valence-corrected chi connectivity index (χ3v) is 4.97. The first kappa shape index (κ1) is 18.4. The number of nitrogens with zero attached hydrogens (tertiary/aromatic N) is 4. The summed E-state index contributed by atoms with van der Waals surface area (Å²) >= 11 is 0. The van der Waals surface area contributed by atoms with Crippen LogP contribution in [0.4, 0.5) is 5.82 Å². The molecule has 1 atom stereocenters. The Kier molecular flexibility index (Phi) is 5.91. The third-order valence-electron chi connectivity index (χ3n) is 4.97. The molecule has 1 aliphatic heterocycles. The molecule has 1 saturated heterocycles. The van der Waals surface area contributed by atoms with E-state index in [1.807, 2.05) is 37.4 Å². The maximum Gasteiger partial charge on any atom is 0.269 e. The Bertz CT molecular complexity index is 725. The summed E-state index contributed by atoms with van der Waals surface area (Å²) in [6.45, 7) is 9.56. The minimum Gasteiger partial charge on any atom is -0.356 e. The van der Waals surface area contributed by atoms with Crippen molar-refractivity contribution in [2.45, 2.75) is 46.1 Å². The number of aryl methyl sites for hydroxylation is 1. The van der Waals surface area contributed by atoms with Crippen LogP contribution in [0.2, 0.25) is 0 Å². The van der Waals surface area contributed by atoms with E-state index in [0.717, 1.165) is 37.4 Å². The Morgan fingerprint density at radius 3 is 2.92 bits per heavy atom. The number of hydrogen-bond donors (Lipinski definition) is 1. The van der Waals surface area contributed by atoms with Crippen LogP contribution in [0.5, 0.6) is 0 Å². The zero-order valence-electron chi connectivity index (χ0n) is 16.0. The molecular formula is C20H29N5O. The van der Waals surface area contributed by atoms with Crippen LogP contribution in [0.25, 0.3) is 0 Å². The molecule has 6 nitrogen and oxygen atoms in total. The number of anilines is 1. The second kappa shape index (κ2) is 8.34. The van der Waals surface area contributed by atoms with Crippen molar-refractivity contribution >= 4 is 11.7 Å². The van der Waals surface area contributed by atoms with Gasteiger partial charge in [0.25, 0.3) is 5.91 Å². The summed E-state index contributed by atoms with van der Waals surface area (Å²) in [5, 5.41) is 7.66. The van der Waals surface area contributed by atoms with Crippen molar-refractivity contribution in [2.24, 2.45) is 5.92 Å². The Morgan fingerprint density at radius 2 is 2.23 bits per heavy atom. The van der Waals surface area contributed by atoms with Crippen LogP contribution in [0.1, 0.15) is 55.7 Å². The van der Waals surface area contributed by atoms with E-state index >= 15 is 0 Å². The molecule has 1 aliphatic rings. The van der Waals surface area contributed by atoms with Gasteiger partial charge in [0.05, 0.1) is 5.69 Å². The standard InChI is InChI=1S/C20H29N5O/c1-4-25-18(12-17(23-25)15(2)3)20(26)22-13-16-8-7-11-24(14-16)19-9-5-6-10-21-19/h5-6,9-10,12,15-16H,4,7-8,11,13-14H2,1-3H3,(H,22,26). The van der Waals surface area contributed by atoms with Gasteiger partial charge in [0, 0.05) is 32.4 Å². The van der Waals surface area contributed by atoms with E-state index in [2.05, 4.69) is 34.1 Å². The van der Waals surface area contributed by atoms with Crippen molar-refractivity contribution in [3.8, 4) is 0 Å². The normalized spacial score (nSPS) is 17.5. The second-order valence-electron chi connectivity index (χ2n) is 7.28. The molecule has 3 rings (SSSR count). The molecule has 1 fully saturated rings. The number of amides is 1. The van der Waals surface area contributed by atoms with Gasteiger partial charge in [-0.1, -0.05) is 19.9 Å². The predicted molar refractivity (Wildman–Crippen MR) is 103 cm³/mol. The molecule has 2 aromatic heterocycles. The van der Waals surface area contributed by atoms with Gasteiger partial charge < -0.3 is 10.2 Å².